The highest BCUT2D eigenvalue weighted by Crippen LogP contribution is 2.29. The number of amides is 4. The molecule has 0 radical (unpaired) electrons. The maximum Gasteiger partial charge on any atom is 0.325 e. The van der Waals surface area contributed by atoms with Crippen molar-refractivity contribution >= 4 is 29.2 Å². The van der Waals surface area contributed by atoms with E-state index < -0.39 is 11.6 Å². The summed E-state index contributed by atoms with van der Waals surface area (Å²) >= 11 is 0. The number of nitrogens with one attached hydrogen (secondary N) is 2. The van der Waals surface area contributed by atoms with Crippen molar-refractivity contribution in [2.24, 2.45) is 0 Å². The monoisotopic (exact) mass is 400 g/mol. The molecule has 7 heteroatoms. The second-order valence-electron chi connectivity index (χ2n) is 8.15. The van der Waals surface area contributed by atoms with Crippen molar-refractivity contribution in [1.82, 2.24) is 10.2 Å². The number of rotatable bonds is 8. The van der Waals surface area contributed by atoms with Gasteiger partial charge >= 0.3 is 6.03 Å². The minimum atomic E-state index is -0.867. The summed E-state index contributed by atoms with van der Waals surface area (Å²) in [6, 6.07) is 5.50. The fourth-order valence-corrected chi connectivity index (χ4v) is 4.43. The Morgan fingerprint density at radius 2 is 1.79 bits per heavy atom. The van der Waals surface area contributed by atoms with Gasteiger partial charge in [0.25, 0.3) is 5.91 Å². The van der Waals surface area contributed by atoms with E-state index in [1.807, 2.05) is 32.9 Å². The van der Waals surface area contributed by atoms with Gasteiger partial charge in [-0.2, -0.15) is 0 Å². The van der Waals surface area contributed by atoms with E-state index in [-0.39, 0.29) is 18.4 Å². The van der Waals surface area contributed by atoms with Crippen molar-refractivity contribution in [3.8, 4) is 0 Å². The molecule has 0 spiro atoms. The molecule has 2 aliphatic heterocycles. The van der Waals surface area contributed by atoms with Gasteiger partial charge in [-0.05, 0) is 56.4 Å². The highest BCUT2D eigenvalue weighted by Gasteiger charge is 2.50. The number of urea groups is 1. The number of nitrogens with zero attached hydrogens (tertiary/aromatic N) is 2. The summed E-state index contributed by atoms with van der Waals surface area (Å²) in [5.74, 6) is -0.656. The van der Waals surface area contributed by atoms with Crippen LogP contribution in [0.1, 0.15) is 57.9 Å². The fraction of sp³-hybridized carbons (Fsp3) is 0.591. The lowest BCUT2D eigenvalue weighted by Crippen LogP contribution is -2.47. The zero-order chi connectivity index (χ0) is 21.0. The van der Waals surface area contributed by atoms with E-state index in [0.29, 0.717) is 18.5 Å². The minimum Gasteiger partial charge on any atom is -0.372 e. The molecule has 0 unspecified atom stereocenters. The molecular formula is C22H32N4O3. The molecule has 0 aromatic heterocycles. The van der Waals surface area contributed by atoms with E-state index >= 15 is 0 Å². The molecule has 4 amide bonds. The lowest BCUT2D eigenvalue weighted by atomic mass is 9.88. The van der Waals surface area contributed by atoms with Crippen LogP contribution in [0.2, 0.25) is 0 Å². The first kappa shape index (κ1) is 21.1. The first-order valence-corrected chi connectivity index (χ1v) is 10.7. The smallest absolute Gasteiger partial charge is 0.325 e. The molecule has 1 aromatic rings. The molecule has 2 heterocycles. The zero-order valence-electron chi connectivity index (χ0n) is 17.7. The van der Waals surface area contributed by atoms with Gasteiger partial charge in [0.2, 0.25) is 5.91 Å². The molecule has 2 N–H and O–H groups in total. The van der Waals surface area contributed by atoms with Crippen molar-refractivity contribution in [1.29, 1.82) is 0 Å². The van der Waals surface area contributed by atoms with E-state index in [0.717, 1.165) is 42.1 Å². The van der Waals surface area contributed by atoms with Gasteiger partial charge in [-0.3, -0.25) is 14.5 Å². The Labute approximate surface area is 172 Å². The van der Waals surface area contributed by atoms with E-state index in [4.69, 9.17) is 0 Å². The van der Waals surface area contributed by atoms with Crippen LogP contribution in [0.15, 0.2) is 18.2 Å². The summed E-state index contributed by atoms with van der Waals surface area (Å²) < 4.78 is 0. The molecule has 2 aliphatic rings. The summed E-state index contributed by atoms with van der Waals surface area (Å²) in [5.41, 5.74) is 1.97. The normalized spacial score (nSPS) is 18.3. The van der Waals surface area contributed by atoms with Crippen LogP contribution >= 0.6 is 0 Å². The van der Waals surface area contributed by atoms with Crippen LogP contribution < -0.4 is 15.5 Å². The Hall–Kier alpha value is -2.57. The Balaban J connectivity index is 1.66. The lowest BCUT2D eigenvalue weighted by Gasteiger charge is -2.25. The Bertz CT molecular complexity index is 780. The van der Waals surface area contributed by atoms with E-state index in [9.17, 15) is 14.4 Å². The zero-order valence-corrected chi connectivity index (χ0v) is 17.7. The van der Waals surface area contributed by atoms with Crippen molar-refractivity contribution in [2.75, 3.05) is 29.9 Å². The Morgan fingerprint density at radius 1 is 1.14 bits per heavy atom. The molecule has 0 atom stereocenters. The number of aryl methyl sites for hydroxylation is 1. The molecule has 0 aliphatic carbocycles. The van der Waals surface area contributed by atoms with Crippen LogP contribution in [0, 0.1) is 6.92 Å². The lowest BCUT2D eigenvalue weighted by molar-refractivity contribution is -0.134. The molecule has 7 nitrogen and oxygen atoms in total. The maximum absolute atomic E-state index is 12.9. The van der Waals surface area contributed by atoms with Gasteiger partial charge in [0.05, 0.1) is 0 Å². The summed E-state index contributed by atoms with van der Waals surface area (Å²) in [7, 11) is 0. The summed E-state index contributed by atoms with van der Waals surface area (Å²) in [5, 5.41) is 5.70. The third-order valence-corrected chi connectivity index (χ3v) is 5.86. The topological polar surface area (TPSA) is 81.8 Å². The average molecular weight is 401 g/mol. The number of hydrogen-bond acceptors (Lipinski definition) is 4. The Morgan fingerprint density at radius 3 is 2.38 bits per heavy atom. The maximum atomic E-state index is 12.9. The molecule has 158 valence electrons. The van der Waals surface area contributed by atoms with Crippen molar-refractivity contribution in [2.45, 2.75) is 64.8 Å². The largest absolute Gasteiger partial charge is 0.372 e. The molecule has 0 saturated carbocycles. The van der Waals surface area contributed by atoms with Crippen LogP contribution in [0.4, 0.5) is 16.2 Å². The first-order chi connectivity index (χ1) is 13.9. The highest BCUT2D eigenvalue weighted by molar-refractivity contribution is 6.10. The summed E-state index contributed by atoms with van der Waals surface area (Å²) in [6.07, 6.45) is 5.16. The SMILES string of the molecule is CCCC1(CCC)NC(=O)N(CC(=O)Nc2ccc(N3CCCC3)cc2C)C1=O. The van der Waals surface area contributed by atoms with Crippen LogP contribution in [-0.4, -0.2) is 47.9 Å². The first-order valence-electron chi connectivity index (χ1n) is 10.7. The molecular weight excluding hydrogens is 368 g/mol. The van der Waals surface area contributed by atoms with Gasteiger partial charge in [-0.1, -0.05) is 26.7 Å². The molecule has 0 bridgehead atoms. The van der Waals surface area contributed by atoms with Crippen molar-refractivity contribution < 1.29 is 14.4 Å². The van der Waals surface area contributed by atoms with Gasteiger partial charge in [0, 0.05) is 24.5 Å². The standard InChI is InChI=1S/C22H32N4O3/c1-4-10-22(11-5-2)20(28)26(21(29)24-22)15-19(27)23-18-9-8-17(14-16(18)3)25-12-6-7-13-25/h8-9,14H,4-7,10-13,15H2,1-3H3,(H,23,27)(H,24,29). The molecule has 1 aromatic carbocycles. The molecule has 2 fully saturated rings. The predicted octanol–water partition coefficient (Wildman–Crippen LogP) is 3.42. The van der Waals surface area contributed by atoms with Gasteiger partial charge in [-0.15, -0.1) is 0 Å². The average Bonchev–Trinajstić information content (AvgIpc) is 3.28. The fourth-order valence-electron chi connectivity index (χ4n) is 4.43. The van der Waals surface area contributed by atoms with Crippen molar-refractivity contribution in [3.05, 3.63) is 23.8 Å². The van der Waals surface area contributed by atoms with E-state index in [1.165, 1.54) is 12.8 Å². The van der Waals surface area contributed by atoms with Crippen LogP contribution in [0.5, 0.6) is 0 Å². The highest BCUT2D eigenvalue weighted by atomic mass is 16.2. The van der Waals surface area contributed by atoms with E-state index in [2.05, 4.69) is 21.6 Å². The molecule has 2 saturated heterocycles. The molecule has 29 heavy (non-hydrogen) atoms. The predicted molar refractivity (Wildman–Crippen MR) is 114 cm³/mol. The second-order valence-corrected chi connectivity index (χ2v) is 8.15. The molecule has 3 rings (SSSR count). The Kier molecular flexibility index (Phi) is 6.45. The quantitative estimate of drug-likeness (QED) is 0.655. The van der Waals surface area contributed by atoms with Crippen LogP contribution in [0.3, 0.4) is 0 Å². The third-order valence-electron chi connectivity index (χ3n) is 5.86. The van der Waals surface area contributed by atoms with E-state index in [1.54, 1.807) is 0 Å². The van der Waals surface area contributed by atoms with Crippen molar-refractivity contribution in [3.63, 3.8) is 0 Å². The number of imide groups is 1. The minimum absolute atomic E-state index is 0.271. The van der Waals surface area contributed by atoms with Gasteiger partial charge in [-0.25, -0.2) is 4.79 Å². The number of hydrogen-bond donors (Lipinski definition) is 2. The van der Waals surface area contributed by atoms with Crippen LogP contribution in [0.25, 0.3) is 0 Å². The second kappa shape index (κ2) is 8.84. The summed E-state index contributed by atoms with van der Waals surface area (Å²) in [4.78, 5) is 41.3. The number of carbonyl (C=O) groups is 3. The van der Waals surface area contributed by atoms with Crippen LogP contribution in [-0.2, 0) is 9.59 Å². The summed E-state index contributed by atoms with van der Waals surface area (Å²) in [6.45, 7) is 7.79. The number of anilines is 2. The number of carbonyl (C=O) groups excluding carboxylic acids is 3. The third kappa shape index (κ3) is 4.38. The number of benzene rings is 1. The van der Waals surface area contributed by atoms with Gasteiger partial charge in [0.15, 0.2) is 0 Å². The van der Waals surface area contributed by atoms with Gasteiger partial charge in [0.1, 0.15) is 12.1 Å². The van der Waals surface area contributed by atoms with Gasteiger partial charge < -0.3 is 15.5 Å².